The standard InChI is InChI=1S/C10H13N7O2S2/c1-6-9(7(2)14-13-6)21(18,19)12-4-3-8-16-17-5-11-15-10(17)20-8/h5,12H,3-4H2,1-2H3,(H,13,14). The molecular weight excluding hydrogens is 314 g/mol. The molecule has 0 aromatic carbocycles. The van der Waals surface area contributed by atoms with Gasteiger partial charge >= 0.3 is 0 Å². The second-order valence-electron chi connectivity index (χ2n) is 4.46. The number of nitrogens with zero attached hydrogens (tertiary/aromatic N) is 5. The number of fused-ring (bicyclic) bond motifs is 1. The van der Waals surface area contributed by atoms with E-state index in [1.807, 2.05) is 0 Å². The van der Waals surface area contributed by atoms with Gasteiger partial charge in [0.2, 0.25) is 15.0 Å². The molecule has 3 aromatic heterocycles. The van der Waals surface area contributed by atoms with Gasteiger partial charge in [-0.15, -0.1) is 10.2 Å². The Kier molecular flexibility index (Phi) is 3.47. The Bertz CT molecular complexity index is 828. The molecule has 3 heterocycles. The van der Waals surface area contributed by atoms with Gasteiger partial charge in [-0.05, 0) is 13.8 Å². The lowest BCUT2D eigenvalue weighted by Crippen LogP contribution is -2.26. The van der Waals surface area contributed by atoms with Gasteiger partial charge in [-0.2, -0.15) is 14.7 Å². The Morgan fingerprint density at radius 2 is 2.24 bits per heavy atom. The molecule has 0 radical (unpaired) electrons. The Hall–Kier alpha value is -1.85. The van der Waals surface area contributed by atoms with E-state index in [-0.39, 0.29) is 11.4 Å². The van der Waals surface area contributed by atoms with E-state index in [4.69, 9.17) is 0 Å². The van der Waals surface area contributed by atoms with Crippen molar-refractivity contribution in [3.63, 3.8) is 0 Å². The minimum Gasteiger partial charge on any atom is -0.281 e. The van der Waals surface area contributed by atoms with Gasteiger partial charge in [0.1, 0.15) is 16.2 Å². The Labute approximate surface area is 124 Å². The van der Waals surface area contributed by atoms with E-state index in [2.05, 4.69) is 30.2 Å². The number of nitrogens with one attached hydrogen (secondary N) is 2. The zero-order valence-corrected chi connectivity index (χ0v) is 13.0. The Balaban J connectivity index is 1.68. The average Bonchev–Trinajstić information content (AvgIpc) is 3.04. The van der Waals surface area contributed by atoms with Crippen molar-refractivity contribution in [2.24, 2.45) is 0 Å². The number of aryl methyl sites for hydroxylation is 2. The van der Waals surface area contributed by atoms with Gasteiger partial charge < -0.3 is 0 Å². The second-order valence-corrected chi connectivity index (χ2v) is 7.21. The lowest BCUT2D eigenvalue weighted by molar-refractivity contribution is 0.580. The number of hydrogen-bond acceptors (Lipinski definition) is 7. The quantitative estimate of drug-likeness (QED) is 0.683. The first kappa shape index (κ1) is 14.1. The molecule has 3 rings (SSSR count). The fourth-order valence-electron chi connectivity index (χ4n) is 2.00. The number of rotatable bonds is 5. The average molecular weight is 327 g/mol. The van der Waals surface area contributed by atoms with Crippen molar-refractivity contribution < 1.29 is 8.42 Å². The summed E-state index contributed by atoms with van der Waals surface area (Å²) in [6, 6.07) is 0. The largest absolute Gasteiger partial charge is 0.281 e. The minimum absolute atomic E-state index is 0.209. The summed E-state index contributed by atoms with van der Waals surface area (Å²) in [5.41, 5.74) is 0.984. The van der Waals surface area contributed by atoms with Gasteiger partial charge in [-0.1, -0.05) is 11.3 Å². The van der Waals surface area contributed by atoms with Gasteiger partial charge in [-0.3, -0.25) is 5.10 Å². The summed E-state index contributed by atoms with van der Waals surface area (Å²) in [6.07, 6.45) is 2.00. The van der Waals surface area contributed by atoms with Gasteiger partial charge in [0, 0.05) is 13.0 Å². The molecule has 0 spiro atoms. The van der Waals surface area contributed by atoms with E-state index in [1.165, 1.54) is 17.7 Å². The third-order valence-corrected chi connectivity index (χ3v) is 5.58. The molecule has 0 aliphatic carbocycles. The van der Waals surface area contributed by atoms with Gasteiger partial charge in [-0.25, -0.2) is 13.1 Å². The van der Waals surface area contributed by atoms with Crippen LogP contribution in [-0.2, 0) is 16.4 Å². The first-order chi connectivity index (χ1) is 9.97. The van der Waals surface area contributed by atoms with Crippen LogP contribution >= 0.6 is 11.3 Å². The topological polar surface area (TPSA) is 118 Å². The van der Waals surface area contributed by atoms with Gasteiger partial charge in [0.15, 0.2) is 0 Å². The lowest BCUT2D eigenvalue weighted by atomic mass is 10.4. The normalized spacial score (nSPS) is 12.3. The lowest BCUT2D eigenvalue weighted by Gasteiger charge is -2.05. The van der Waals surface area contributed by atoms with Crippen LogP contribution in [0.4, 0.5) is 0 Å². The van der Waals surface area contributed by atoms with E-state index < -0.39 is 10.0 Å². The van der Waals surface area contributed by atoms with Crippen molar-refractivity contribution in [3.8, 4) is 0 Å². The third-order valence-electron chi connectivity index (χ3n) is 2.89. The molecule has 0 bridgehead atoms. The molecule has 3 aromatic rings. The molecule has 112 valence electrons. The predicted molar refractivity (Wildman–Crippen MR) is 75.6 cm³/mol. The predicted octanol–water partition coefficient (Wildman–Crippen LogP) is 0.0467. The third kappa shape index (κ3) is 2.66. The summed E-state index contributed by atoms with van der Waals surface area (Å²) in [6.45, 7) is 3.59. The highest BCUT2D eigenvalue weighted by Gasteiger charge is 2.21. The van der Waals surface area contributed by atoms with Crippen LogP contribution in [0.5, 0.6) is 0 Å². The molecule has 21 heavy (non-hydrogen) atoms. The highest BCUT2D eigenvalue weighted by molar-refractivity contribution is 7.89. The van der Waals surface area contributed by atoms with E-state index in [9.17, 15) is 8.42 Å². The number of aromatic nitrogens is 6. The smallest absolute Gasteiger partial charge is 0.244 e. The van der Waals surface area contributed by atoms with Gasteiger partial charge in [0.25, 0.3) is 0 Å². The van der Waals surface area contributed by atoms with E-state index >= 15 is 0 Å². The van der Waals surface area contributed by atoms with Crippen molar-refractivity contribution in [1.29, 1.82) is 0 Å². The van der Waals surface area contributed by atoms with Crippen LogP contribution in [0.15, 0.2) is 11.2 Å². The van der Waals surface area contributed by atoms with Crippen molar-refractivity contribution in [1.82, 2.24) is 34.7 Å². The Morgan fingerprint density at radius 3 is 2.90 bits per heavy atom. The van der Waals surface area contributed by atoms with E-state index in [0.29, 0.717) is 22.8 Å². The van der Waals surface area contributed by atoms with Crippen molar-refractivity contribution in [2.45, 2.75) is 25.2 Å². The molecule has 0 fully saturated rings. The molecule has 0 atom stereocenters. The van der Waals surface area contributed by atoms with Crippen LogP contribution in [-0.4, -0.2) is 45.0 Å². The molecule has 9 nitrogen and oxygen atoms in total. The maximum atomic E-state index is 12.2. The molecule has 0 amide bonds. The first-order valence-corrected chi connectivity index (χ1v) is 8.44. The van der Waals surface area contributed by atoms with Crippen LogP contribution < -0.4 is 4.72 Å². The molecule has 0 unspecified atom stereocenters. The molecule has 0 saturated carbocycles. The number of sulfonamides is 1. The highest BCUT2D eigenvalue weighted by Crippen LogP contribution is 2.16. The van der Waals surface area contributed by atoms with Crippen molar-refractivity contribution in [2.75, 3.05) is 6.54 Å². The van der Waals surface area contributed by atoms with Crippen LogP contribution in [0, 0.1) is 13.8 Å². The van der Waals surface area contributed by atoms with Crippen LogP contribution in [0.2, 0.25) is 0 Å². The SMILES string of the molecule is Cc1n[nH]c(C)c1S(=O)(=O)NCCc1nn2cnnc2s1. The van der Waals surface area contributed by atoms with Crippen molar-refractivity contribution in [3.05, 3.63) is 22.7 Å². The van der Waals surface area contributed by atoms with Crippen LogP contribution in [0.1, 0.15) is 16.4 Å². The number of aromatic amines is 1. The molecular formula is C10H13N7O2S2. The Morgan fingerprint density at radius 1 is 1.43 bits per heavy atom. The molecule has 2 N–H and O–H groups in total. The molecule has 0 aliphatic heterocycles. The fraction of sp³-hybridized carbons (Fsp3) is 0.400. The van der Waals surface area contributed by atoms with Crippen molar-refractivity contribution >= 4 is 26.3 Å². The second kappa shape index (κ2) is 5.16. The maximum Gasteiger partial charge on any atom is 0.244 e. The monoisotopic (exact) mass is 327 g/mol. The number of H-pyrrole nitrogens is 1. The van der Waals surface area contributed by atoms with Crippen LogP contribution in [0.3, 0.4) is 0 Å². The van der Waals surface area contributed by atoms with E-state index in [0.717, 1.165) is 5.01 Å². The zero-order valence-electron chi connectivity index (χ0n) is 11.4. The van der Waals surface area contributed by atoms with Gasteiger partial charge in [0.05, 0.1) is 11.4 Å². The summed E-state index contributed by atoms with van der Waals surface area (Å²) in [5, 5.41) is 19.2. The first-order valence-electron chi connectivity index (χ1n) is 6.14. The summed E-state index contributed by atoms with van der Waals surface area (Å²) in [4.78, 5) is 0.898. The summed E-state index contributed by atoms with van der Waals surface area (Å²) in [5.74, 6) is 0. The summed E-state index contributed by atoms with van der Waals surface area (Å²) < 4.78 is 28.6. The van der Waals surface area contributed by atoms with Crippen LogP contribution in [0.25, 0.3) is 4.96 Å². The highest BCUT2D eigenvalue weighted by atomic mass is 32.2. The molecule has 11 heteroatoms. The minimum atomic E-state index is -3.57. The summed E-state index contributed by atoms with van der Waals surface area (Å²) in [7, 11) is -3.57. The van der Waals surface area contributed by atoms with E-state index in [1.54, 1.807) is 18.4 Å². The number of hydrogen-bond donors (Lipinski definition) is 2. The molecule has 0 aliphatic rings. The molecule has 0 saturated heterocycles. The zero-order chi connectivity index (χ0) is 15.0. The maximum absolute atomic E-state index is 12.2. The fourth-order valence-corrected chi connectivity index (χ4v) is 4.21. The summed E-state index contributed by atoms with van der Waals surface area (Å²) >= 11 is 1.38.